The predicted octanol–water partition coefficient (Wildman–Crippen LogP) is -0.0163. The van der Waals surface area contributed by atoms with Gasteiger partial charge in [-0.05, 0) is 18.9 Å². The van der Waals surface area contributed by atoms with Crippen LogP contribution < -0.4 is 5.73 Å². The van der Waals surface area contributed by atoms with Crippen molar-refractivity contribution in [2.24, 2.45) is 17.6 Å². The molecule has 10 heteroatoms. The van der Waals surface area contributed by atoms with Gasteiger partial charge in [-0.25, -0.2) is 0 Å². The third kappa shape index (κ3) is 3.32. The van der Waals surface area contributed by atoms with Crippen molar-refractivity contribution in [2.45, 2.75) is 12.8 Å². The summed E-state index contributed by atoms with van der Waals surface area (Å²) in [7, 11) is 0. The van der Waals surface area contributed by atoms with Crippen molar-refractivity contribution in [3.05, 3.63) is 28.0 Å². The maximum atomic E-state index is 12.4. The smallest absolute Gasteiger partial charge is 0.395 e. The van der Waals surface area contributed by atoms with Gasteiger partial charge in [0.15, 0.2) is 5.76 Å². The van der Waals surface area contributed by atoms with Crippen molar-refractivity contribution in [1.29, 1.82) is 0 Å². The summed E-state index contributed by atoms with van der Waals surface area (Å²) in [6, 6.07) is 2.38. The van der Waals surface area contributed by atoms with E-state index in [0.29, 0.717) is 25.9 Å². The molecule has 134 valence electrons. The third-order valence-corrected chi connectivity index (χ3v) is 4.71. The second-order valence-corrected chi connectivity index (χ2v) is 6.30. The van der Waals surface area contributed by atoms with E-state index < -0.39 is 16.7 Å². The third-order valence-electron chi connectivity index (χ3n) is 4.71. The second kappa shape index (κ2) is 6.54. The number of furan rings is 1. The average Bonchev–Trinajstić information content (AvgIpc) is 3.03. The number of primary amides is 1. The van der Waals surface area contributed by atoms with Crippen LogP contribution in [0.25, 0.3) is 0 Å². The SMILES string of the molecule is NC(=O)C1CCN(C(=O)C2CN(C(=O)c3ccc([N+](=O)[O-])o3)C2)CC1. The Balaban J connectivity index is 1.50. The molecule has 3 amide bonds. The lowest BCUT2D eigenvalue weighted by molar-refractivity contribution is -0.402. The highest BCUT2D eigenvalue weighted by atomic mass is 16.6. The minimum absolute atomic E-state index is 0.0441. The lowest BCUT2D eigenvalue weighted by Crippen LogP contribution is -2.57. The van der Waals surface area contributed by atoms with Gasteiger partial charge in [-0.3, -0.25) is 24.5 Å². The van der Waals surface area contributed by atoms with Crippen LogP contribution in [0, 0.1) is 22.0 Å². The summed E-state index contributed by atoms with van der Waals surface area (Å²) in [5, 5.41) is 10.6. The van der Waals surface area contributed by atoms with Crippen molar-refractivity contribution in [3.63, 3.8) is 0 Å². The summed E-state index contributed by atoms with van der Waals surface area (Å²) in [6.45, 7) is 1.48. The van der Waals surface area contributed by atoms with E-state index in [2.05, 4.69) is 0 Å². The van der Waals surface area contributed by atoms with Gasteiger partial charge in [-0.1, -0.05) is 0 Å². The number of amides is 3. The van der Waals surface area contributed by atoms with Crippen LogP contribution in [-0.4, -0.2) is 58.6 Å². The summed E-state index contributed by atoms with van der Waals surface area (Å²) < 4.78 is 4.88. The number of nitrogens with two attached hydrogens (primary N) is 1. The Morgan fingerprint density at radius 2 is 1.76 bits per heavy atom. The van der Waals surface area contributed by atoms with Crippen molar-refractivity contribution >= 4 is 23.6 Å². The molecular weight excluding hydrogens is 332 g/mol. The lowest BCUT2D eigenvalue weighted by Gasteiger charge is -2.41. The van der Waals surface area contributed by atoms with Gasteiger partial charge in [-0.15, -0.1) is 0 Å². The van der Waals surface area contributed by atoms with Crippen molar-refractivity contribution < 1.29 is 23.7 Å². The number of likely N-dealkylation sites (tertiary alicyclic amines) is 2. The van der Waals surface area contributed by atoms with Crippen LogP contribution in [0.3, 0.4) is 0 Å². The van der Waals surface area contributed by atoms with Gasteiger partial charge in [-0.2, -0.15) is 0 Å². The van der Waals surface area contributed by atoms with E-state index in [1.165, 1.54) is 11.0 Å². The predicted molar refractivity (Wildman–Crippen MR) is 83.3 cm³/mol. The van der Waals surface area contributed by atoms with Crippen LogP contribution in [0.2, 0.25) is 0 Å². The fraction of sp³-hybridized carbons (Fsp3) is 0.533. The molecule has 10 nitrogen and oxygen atoms in total. The normalized spacial score (nSPS) is 18.7. The van der Waals surface area contributed by atoms with Crippen molar-refractivity contribution in [2.75, 3.05) is 26.2 Å². The summed E-state index contributed by atoms with van der Waals surface area (Å²) in [6.07, 6.45) is 1.12. The number of nitro groups is 1. The Bertz CT molecular complexity index is 715. The Labute approximate surface area is 142 Å². The molecule has 0 saturated carbocycles. The van der Waals surface area contributed by atoms with Gasteiger partial charge in [0.25, 0.3) is 5.91 Å². The van der Waals surface area contributed by atoms with E-state index in [1.807, 2.05) is 0 Å². The minimum atomic E-state index is -0.713. The molecule has 2 aliphatic heterocycles. The van der Waals surface area contributed by atoms with Gasteiger partial charge >= 0.3 is 5.88 Å². The second-order valence-electron chi connectivity index (χ2n) is 6.30. The molecule has 0 bridgehead atoms. The van der Waals surface area contributed by atoms with Crippen LogP contribution >= 0.6 is 0 Å². The Kier molecular flexibility index (Phi) is 4.43. The number of piperidine rings is 1. The van der Waals surface area contributed by atoms with Gasteiger partial charge in [0.2, 0.25) is 11.8 Å². The molecule has 0 aromatic carbocycles. The Morgan fingerprint density at radius 3 is 2.28 bits per heavy atom. The lowest BCUT2D eigenvalue weighted by atomic mass is 9.93. The van der Waals surface area contributed by atoms with E-state index in [9.17, 15) is 24.5 Å². The van der Waals surface area contributed by atoms with Gasteiger partial charge < -0.3 is 20.0 Å². The number of hydrogen-bond acceptors (Lipinski definition) is 6. The molecule has 0 spiro atoms. The van der Waals surface area contributed by atoms with Crippen LogP contribution in [0.4, 0.5) is 5.88 Å². The highest BCUT2D eigenvalue weighted by molar-refractivity contribution is 5.94. The molecule has 2 N–H and O–H groups in total. The van der Waals surface area contributed by atoms with Crippen molar-refractivity contribution in [1.82, 2.24) is 9.80 Å². The Hall–Kier alpha value is -2.91. The van der Waals surface area contributed by atoms with Crippen LogP contribution in [0.1, 0.15) is 23.4 Å². The summed E-state index contributed by atoms with van der Waals surface area (Å²) in [4.78, 5) is 48.7. The fourth-order valence-electron chi connectivity index (χ4n) is 3.14. The first-order valence-corrected chi connectivity index (χ1v) is 7.98. The largest absolute Gasteiger partial charge is 0.433 e. The number of carbonyl (C=O) groups is 3. The highest BCUT2D eigenvalue weighted by Crippen LogP contribution is 2.25. The first kappa shape index (κ1) is 16.9. The van der Waals surface area contributed by atoms with E-state index >= 15 is 0 Å². The molecule has 3 heterocycles. The van der Waals surface area contributed by atoms with E-state index in [-0.39, 0.29) is 42.5 Å². The molecule has 2 aliphatic rings. The van der Waals surface area contributed by atoms with Gasteiger partial charge in [0.1, 0.15) is 4.92 Å². The molecule has 3 rings (SSSR count). The quantitative estimate of drug-likeness (QED) is 0.598. The number of hydrogen-bond donors (Lipinski definition) is 1. The van der Waals surface area contributed by atoms with E-state index in [1.54, 1.807) is 4.90 Å². The molecule has 0 aliphatic carbocycles. The molecule has 2 saturated heterocycles. The van der Waals surface area contributed by atoms with Gasteiger partial charge in [0, 0.05) is 32.1 Å². The summed E-state index contributed by atoms with van der Waals surface area (Å²) in [5.41, 5.74) is 5.28. The first-order valence-electron chi connectivity index (χ1n) is 7.98. The molecule has 0 atom stereocenters. The fourth-order valence-corrected chi connectivity index (χ4v) is 3.14. The zero-order valence-electron chi connectivity index (χ0n) is 13.4. The molecule has 1 aromatic heterocycles. The molecule has 1 aromatic rings. The maximum absolute atomic E-state index is 12.4. The summed E-state index contributed by atoms with van der Waals surface area (Å²) in [5.74, 6) is -1.92. The number of carbonyl (C=O) groups excluding carboxylic acids is 3. The minimum Gasteiger partial charge on any atom is -0.395 e. The topological polar surface area (TPSA) is 140 Å². The van der Waals surface area contributed by atoms with E-state index in [4.69, 9.17) is 10.2 Å². The summed E-state index contributed by atoms with van der Waals surface area (Å²) >= 11 is 0. The maximum Gasteiger partial charge on any atom is 0.433 e. The van der Waals surface area contributed by atoms with Crippen molar-refractivity contribution in [3.8, 4) is 0 Å². The molecular formula is C15H18N4O6. The van der Waals surface area contributed by atoms with Crippen LogP contribution in [-0.2, 0) is 9.59 Å². The highest BCUT2D eigenvalue weighted by Gasteiger charge is 2.40. The average molecular weight is 350 g/mol. The Morgan fingerprint density at radius 1 is 1.12 bits per heavy atom. The number of nitrogens with zero attached hydrogens (tertiary/aromatic N) is 3. The standard InChI is InChI=1S/C15H18N4O6/c16-13(20)9-3-5-17(6-4-9)14(21)10-7-18(8-10)15(22)11-1-2-12(25-11)19(23)24/h1-2,9-10H,3-8H2,(H2,16,20). The molecule has 2 fully saturated rings. The zero-order chi connectivity index (χ0) is 18.1. The van der Waals surface area contributed by atoms with Crippen LogP contribution in [0.15, 0.2) is 16.5 Å². The monoisotopic (exact) mass is 350 g/mol. The number of rotatable bonds is 4. The van der Waals surface area contributed by atoms with Crippen LogP contribution in [0.5, 0.6) is 0 Å². The van der Waals surface area contributed by atoms with E-state index in [0.717, 1.165) is 6.07 Å². The molecule has 0 radical (unpaired) electrons. The molecule has 0 unspecified atom stereocenters. The molecule has 25 heavy (non-hydrogen) atoms. The van der Waals surface area contributed by atoms with Gasteiger partial charge in [0.05, 0.1) is 12.0 Å². The first-order chi connectivity index (χ1) is 11.9. The zero-order valence-corrected chi connectivity index (χ0v) is 13.4.